The summed E-state index contributed by atoms with van der Waals surface area (Å²) >= 11 is 4.97. The van der Waals surface area contributed by atoms with Gasteiger partial charge in [-0.1, -0.05) is 37.2 Å². The Morgan fingerprint density at radius 3 is 2.90 bits per heavy atom. The van der Waals surface area contributed by atoms with Gasteiger partial charge >= 0.3 is 0 Å². The molecule has 2 N–H and O–H groups in total. The highest BCUT2D eigenvalue weighted by Crippen LogP contribution is 2.28. The van der Waals surface area contributed by atoms with Gasteiger partial charge in [0.05, 0.1) is 11.7 Å². The van der Waals surface area contributed by atoms with Crippen LogP contribution < -0.4 is 10.5 Å². The molecule has 0 radical (unpaired) electrons. The summed E-state index contributed by atoms with van der Waals surface area (Å²) < 4.78 is 7.85. The Bertz CT molecular complexity index is 632. The van der Waals surface area contributed by atoms with Crippen LogP contribution in [0.3, 0.4) is 0 Å². The second kappa shape index (κ2) is 6.26. The van der Waals surface area contributed by atoms with Crippen LogP contribution in [0.25, 0.3) is 0 Å². The van der Waals surface area contributed by atoms with Crippen LogP contribution in [0.15, 0.2) is 36.5 Å². The molecule has 4 nitrogen and oxygen atoms in total. The number of ether oxygens (including phenoxy) is 1. The predicted molar refractivity (Wildman–Crippen MR) is 86.4 cm³/mol. The molecule has 0 saturated heterocycles. The minimum atomic E-state index is 0.381. The number of hydrogen-bond donors (Lipinski definition) is 1. The summed E-state index contributed by atoms with van der Waals surface area (Å²) in [4.78, 5) is 0.381. The molecule has 0 bridgehead atoms. The fraction of sp³-hybridized carbons (Fsp3) is 0.375. The van der Waals surface area contributed by atoms with E-state index in [9.17, 15) is 0 Å². The van der Waals surface area contributed by atoms with Gasteiger partial charge in [0, 0.05) is 11.8 Å². The van der Waals surface area contributed by atoms with E-state index < -0.39 is 0 Å². The van der Waals surface area contributed by atoms with Crippen molar-refractivity contribution in [3.63, 3.8) is 0 Å². The standard InChI is InChI=1S/C16H19N3OS/c17-16(21)12-4-3-7-15(10-12)20-11-13-8-9-19(18-13)14-5-1-2-6-14/h3-4,7-10,14H,1-2,5-6,11H2,(H2,17,21). The number of thiocarbonyl (C=S) groups is 1. The average molecular weight is 301 g/mol. The highest BCUT2D eigenvalue weighted by Gasteiger charge is 2.17. The van der Waals surface area contributed by atoms with Crippen molar-refractivity contribution in [3.8, 4) is 5.75 Å². The molecule has 1 saturated carbocycles. The van der Waals surface area contributed by atoms with Gasteiger partial charge in [0.2, 0.25) is 0 Å². The molecule has 3 rings (SSSR count). The van der Waals surface area contributed by atoms with E-state index in [-0.39, 0.29) is 0 Å². The lowest BCUT2D eigenvalue weighted by Crippen LogP contribution is -2.09. The fourth-order valence-corrected chi connectivity index (χ4v) is 2.85. The van der Waals surface area contributed by atoms with Crippen LogP contribution in [0.2, 0.25) is 0 Å². The Hall–Kier alpha value is -1.88. The minimum Gasteiger partial charge on any atom is -0.487 e. The summed E-state index contributed by atoms with van der Waals surface area (Å²) in [5.74, 6) is 0.760. The van der Waals surface area contributed by atoms with Crippen LogP contribution in [0, 0.1) is 0 Å². The molecule has 0 unspecified atom stereocenters. The third-order valence-electron chi connectivity index (χ3n) is 3.87. The SMILES string of the molecule is NC(=S)c1cccc(OCc2ccn(C3CCCC3)n2)c1. The van der Waals surface area contributed by atoms with Gasteiger partial charge in [0.1, 0.15) is 17.3 Å². The monoisotopic (exact) mass is 301 g/mol. The summed E-state index contributed by atoms with van der Waals surface area (Å²) in [7, 11) is 0. The maximum absolute atomic E-state index is 5.77. The van der Waals surface area contributed by atoms with E-state index in [1.54, 1.807) is 0 Å². The van der Waals surface area contributed by atoms with Crippen LogP contribution in [0.4, 0.5) is 0 Å². The number of aromatic nitrogens is 2. The first kappa shape index (κ1) is 14.1. The predicted octanol–water partition coefficient (Wildman–Crippen LogP) is 3.21. The van der Waals surface area contributed by atoms with Crippen molar-refractivity contribution in [1.82, 2.24) is 9.78 Å². The summed E-state index contributed by atoms with van der Waals surface area (Å²) in [5.41, 5.74) is 7.39. The fourth-order valence-electron chi connectivity index (χ4n) is 2.72. The van der Waals surface area contributed by atoms with Crippen molar-refractivity contribution in [2.75, 3.05) is 0 Å². The van der Waals surface area contributed by atoms with Gasteiger partial charge in [0.25, 0.3) is 0 Å². The van der Waals surface area contributed by atoms with Gasteiger partial charge in [-0.05, 0) is 31.0 Å². The average Bonchev–Trinajstić information content (AvgIpc) is 3.16. The number of nitrogens with zero attached hydrogens (tertiary/aromatic N) is 2. The molecule has 1 aromatic heterocycles. The van der Waals surface area contributed by atoms with Crippen LogP contribution in [-0.4, -0.2) is 14.8 Å². The molecule has 1 aromatic carbocycles. The molecule has 1 heterocycles. The summed E-state index contributed by atoms with van der Waals surface area (Å²) in [6.07, 6.45) is 7.14. The molecule has 110 valence electrons. The third-order valence-corrected chi connectivity index (χ3v) is 4.10. The van der Waals surface area contributed by atoms with Gasteiger partial charge < -0.3 is 10.5 Å². The molecule has 1 aliphatic carbocycles. The minimum absolute atomic E-state index is 0.381. The van der Waals surface area contributed by atoms with Crippen LogP contribution in [0.5, 0.6) is 5.75 Å². The zero-order chi connectivity index (χ0) is 14.7. The Balaban J connectivity index is 1.62. The first-order chi connectivity index (χ1) is 10.2. The van der Waals surface area contributed by atoms with Crippen LogP contribution in [-0.2, 0) is 6.61 Å². The van der Waals surface area contributed by atoms with E-state index in [2.05, 4.69) is 16.0 Å². The zero-order valence-electron chi connectivity index (χ0n) is 11.9. The Kier molecular flexibility index (Phi) is 4.20. The number of hydrogen-bond acceptors (Lipinski definition) is 3. The smallest absolute Gasteiger partial charge is 0.132 e. The Labute approximate surface area is 129 Å². The lowest BCUT2D eigenvalue weighted by atomic mass is 10.2. The summed E-state index contributed by atoms with van der Waals surface area (Å²) in [6.45, 7) is 0.459. The second-order valence-electron chi connectivity index (χ2n) is 5.41. The molecule has 0 aliphatic heterocycles. The van der Waals surface area contributed by atoms with Crippen molar-refractivity contribution >= 4 is 17.2 Å². The van der Waals surface area contributed by atoms with Gasteiger partial charge in [-0.25, -0.2) is 0 Å². The van der Waals surface area contributed by atoms with Crippen molar-refractivity contribution in [3.05, 3.63) is 47.8 Å². The molecule has 2 aromatic rings. The molecule has 0 amide bonds. The van der Waals surface area contributed by atoms with E-state index in [1.807, 2.05) is 30.3 Å². The maximum Gasteiger partial charge on any atom is 0.132 e. The van der Waals surface area contributed by atoms with Gasteiger partial charge in [-0.2, -0.15) is 5.10 Å². The lowest BCUT2D eigenvalue weighted by Gasteiger charge is -2.09. The second-order valence-corrected chi connectivity index (χ2v) is 5.85. The van der Waals surface area contributed by atoms with Crippen molar-refractivity contribution in [1.29, 1.82) is 0 Å². The van der Waals surface area contributed by atoms with E-state index in [0.29, 0.717) is 17.6 Å². The van der Waals surface area contributed by atoms with E-state index >= 15 is 0 Å². The zero-order valence-corrected chi connectivity index (χ0v) is 12.7. The molecule has 21 heavy (non-hydrogen) atoms. The Morgan fingerprint density at radius 1 is 1.33 bits per heavy atom. The lowest BCUT2D eigenvalue weighted by molar-refractivity contribution is 0.298. The van der Waals surface area contributed by atoms with Gasteiger partial charge in [-0.3, -0.25) is 4.68 Å². The molecule has 5 heteroatoms. The molecular formula is C16H19N3OS. The summed E-state index contributed by atoms with van der Waals surface area (Å²) in [6, 6.07) is 10.1. The van der Waals surface area contributed by atoms with Crippen LogP contribution >= 0.6 is 12.2 Å². The molecule has 1 fully saturated rings. The Morgan fingerprint density at radius 2 is 2.14 bits per heavy atom. The van der Waals surface area contributed by atoms with Gasteiger partial charge in [-0.15, -0.1) is 0 Å². The highest BCUT2D eigenvalue weighted by atomic mass is 32.1. The number of benzene rings is 1. The molecule has 1 aliphatic rings. The summed E-state index contributed by atoms with van der Waals surface area (Å²) in [5, 5.41) is 4.61. The number of nitrogens with two attached hydrogens (primary N) is 1. The van der Waals surface area contributed by atoms with Gasteiger partial charge in [0.15, 0.2) is 0 Å². The molecule has 0 atom stereocenters. The van der Waals surface area contributed by atoms with Crippen LogP contribution in [0.1, 0.15) is 43.0 Å². The topological polar surface area (TPSA) is 53.1 Å². The van der Waals surface area contributed by atoms with Crippen molar-refractivity contribution < 1.29 is 4.74 Å². The largest absolute Gasteiger partial charge is 0.487 e. The van der Waals surface area contributed by atoms with E-state index in [1.165, 1.54) is 25.7 Å². The van der Waals surface area contributed by atoms with Crippen molar-refractivity contribution in [2.24, 2.45) is 5.73 Å². The van der Waals surface area contributed by atoms with Crippen molar-refractivity contribution in [2.45, 2.75) is 38.3 Å². The molecular weight excluding hydrogens is 282 g/mol. The normalized spacial score (nSPS) is 15.2. The van der Waals surface area contributed by atoms with E-state index in [4.69, 9.17) is 22.7 Å². The first-order valence-corrected chi connectivity index (χ1v) is 7.70. The first-order valence-electron chi connectivity index (χ1n) is 7.29. The molecule has 0 spiro atoms. The maximum atomic E-state index is 5.77. The highest BCUT2D eigenvalue weighted by molar-refractivity contribution is 7.80. The van der Waals surface area contributed by atoms with E-state index in [0.717, 1.165) is 17.0 Å². The number of rotatable bonds is 5. The third kappa shape index (κ3) is 3.42. The quantitative estimate of drug-likeness (QED) is 0.862.